The van der Waals surface area contributed by atoms with Gasteiger partial charge in [0.05, 0.1) is 32.7 Å². The molecule has 0 aliphatic rings. The fourth-order valence-electron chi connectivity index (χ4n) is 3.53. The van der Waals surface area contributed by atoms with Crippen molar-refractivity contribution in [3.8, 4) is 28.6 Å². The largest absolute Gasteiger partial charge is 0.493 e. The van der Waals surface area contributed by atoms with Crippen molar-refractivity contribution >= 4 is 5.78 Å². The molecule has 7 heteroatoms. The number of Topliss-reactive ketones (excluding diaryl/α,β-unsaturated/α-hetero) is 1. The topological polar surface area (TPSA) is 83.4 Å². The smallest absolute Gasteiger partial charge is 0.213 e. The molecule has 0 bridgehead atoms. The van der Waals surface area contributed by atoms with Crippen LogP contribution in [0.1, 0.15) is 21.6 Å². The van der Waals surface area contributed by atoms with Crippen molar-refractivity contribution in [3.63, 3.8) is 0 Å². The van der Waals surface area contributed by atoms with Gasteiger partial charge in [0.25, 0.3) is 0 Å². The van der Waals surface area contributed by atoms with Gasteiger partial charge in [0.2, 0.25) is 5.88 Å². The summed E-state index contributed by atoms with van der Waals surface area (Å²) < 4.78 is 16.5. The number of pyridine rings is 1. The van der Waals surface area contributed by atoms with Gasteiger partial charge in [-0.1, -0.05) is 30.3 Å². The second-order valence-corrected chi connectivity index (χ2v) is 7.54. The van der Waals surface area contributed by atoms with E-state index in [1.807, 2.05) is 60.7 Å². The Bertz CT molecular complexity index is 1260. The molecule has 0 radical (unpaired) electrons. The minimum absolute atomic E-state index is 0.0783. The van der Waals surface area contributed by atoms with E-state index in [0.717, 1.165) is 22.4 Å². The summed E-state index contributed by atoms with van der Waals surface area (Å²) in [5, 5.41) is 0. The van der Waals surface area contributed by atoms with Crippen molar-refractivity contribution in [2.75, 3.05) is 20.8 Å². The molecule has 0 spiro atoms. The third-order valence-corrected chi connectivity index (χ3v) is 5.25. The Morgan fingerprint density at radius 2 is 1.74 bits per heavy atom. The van der Waals surface area contributed by atoms with Crippen molar-refractivity contribution in [1.82, 2.24) is 15.0 Å². The lowest BCUT2D eigenvalue weighted by atomic mass is 10.0. The third-order valence-electron chi connectivity index (χ3n) is 5.25. The molecule has 0 fully saturated rings. The Balaban J connectivity index is 1.40. The van der Waals surface area contributed by atoms with Crippen LogP contribution >= 0.6 is 0 Å². The van der Waals surface area contributed by atoms with Gasteiger partial charge >= 0.3 is 0 Å². The lowest BCUT2D eigenvalue weighted by molar-refractivity contribution is 0.0988. The summed E-state index contributed by atoms with van der Waals surface area (Å²) in [7, 11) is 3.24. The first-order valence-electron chi connectivity index (χ1n) is 10.9. The molecule has 2 heterocycles. The number of carbonyl (C=O) groups excluding carboxylic acids is 1. The molecule has 0 saturated carbocycles. The van der Waals surface area contributed by atoms with Crippen molar-refractivity contribution in [1.29, 1.82) is 0 Å². The molecule has 2 aromatic heterocycles. The quantitative estimate of drug-likeness (QED) is 0.323. The molecule has 0 aliphatic carbocycles. The van der Waals surface area contributed by atoms with Crippen LogP contribution in [0.4, 0.5) is 0 Å². The van der Waals surface area contributed by atoms with Crippen LogP contribution in [0.25, 0.3) is 11.3 Å². The predicted octanol–water partition coefficient (Wildman–Crippen LogP) is 4.60. The summed E-state index contributed by atoms with van der Waals surface area (Å²) in [6.07, 6.45) is 5.49. The first kappa shape index (κ1) is 22.9. The minimum Gasteiger partial charge on any atom is -0.493 e. The molecule has 172 valence electrons. The van der Waals surface area contributed by atoms with Crippen molar-refractivity contribution in [2.45, 2.75) is 12.8 Å². The lowest BCUT2D eigenvalue weighted by Crippen LogP contribution is -2.06. The van der Waals surface area contributed by atoms with Gasteiger partial charge in [-0.05, 0) is 35.4 Å². The molecular weight excluding hydrogens is 430 g/mol. The maximum Gasteiger partial charge on any atom is 0.213 e. The highest BCUT2D eigenvalue weighted by Crippen LogP contribution is 2.28. The molecule has 0 amide bonds. The minimum atomic E-state index is -0.0783. The first-order chi connectivity index (χ1) is 16.7. The zero-order valence-electron chi connectivity index (χ0n) is 19.1. The number of hydrogen-bond acceptors (Lipinski definition) is 7. The van der Waals surface area contributed by atoms with Crippen LogP contribution in [-0.4, -0.2) is 41.6 Å². The standard InChI is InChI=1S/C27H25N3O4/c1-32-25-10-9-19(17-26(25)33-2)11-14-34-27-8-4-7-22(30-27)21-6-3-5-20(15-21)16-24(31)23-18-28-12-13-29-23/h3-10,12-13,15,17-18H,11,14,16H2,1-2H3. The predicted molar refractivity (Wildman–Crippen MR) is 128 cm³/mol. The highest BCUT2D eigenvalue weighted by Gasteiger charge is 2.10. The second-order valence-electron chi connectivity index (χ2n) is 7.54. The van der Waals surface area contributed by atoms with Crippen LogP contribution in [0, 0.1) is 0 Å². The first-order valence-corrected chi connectivity index (χ1v) is 10.9. The molecule has 4 aromatic rings. The highest BCUT2D eigenvalue weighted by atomic mass is 16.5. The Morgan fingerprint density at radius 3 is 2.53 bits per heavy atom. The Labute approximate surface area is 198 Å². The number of benzene rings is 2. The molecule has 2 aromatic carbocycles. The van der Waals surface area contributed by atoms with Crippen molar-refractivity contribution < 1.29 is 19.0 Å². The summed E-state index contributed by atoms with van der Waals surface area (Å²) >= 11 is 0. The van der Waals surface area contributed by atoms with E-state index in [9.17, 15) is 4.79 Å². The van der Waals surface area contributed by atoms with E-state index >= 15 is 0 Å². The highest BCUT2D eigenvalue weighted by molar-refractivity contribution is 5.95. The number of ketones is 1. The Kier molecular flexibility index (Phi) is 7.45. The van der Waals surface area contributed by atoms with Crippen LogP contribution in [0.2, 0.25) is 0 Å². The fourth-order valence-corrected chi connectivity index (χ4v) is 3.53. The number of hydrogen-bond donors (Lipinski definition) is 0. The third kappa shape index (κ3) is 5.75. The summed E-state index contributed by atoms with van der Waals surface area (Å²) in [5.41, 5.74) is 4.01. The Morgan fingerprint density at radius 1 is 0.882 bits per heavy atom. The summed E-state index contributed by atoms with van der Waals surface area (Å²) in [6, 6.07) is 19.2. The van der Waals surface area contributed by atoms with E-state index < -0.39 is 0 Å². The monoisotopic (exact) mass is 455 g/mol. The van der Waals surface area contributed by atoms with Crippen molar-refractivity contribution in [2.24, 2.45) is 0 Å². The van der Waals surface area contributed by atoms with Gasteiger partial charge in [-0.25, -0.2) is 9.97 Å². The van der Waals surface area contributed by atoms with Crippen molar-refractivity contribution in [3.05, 3.63) is 96.1 Å². The number of aromatic nitrogens is 3. The van der Waals surface area contributed by atoms with Crippen LogP contribution < -0.4 is 14.2 Å². The lowest BCUT2D eigenvalue weighted by Gasteiger charge is -2.11. The SMILES string of the molecule is COc1ccc(CCOc2cccc(-c3cccc(CC(=O)c4cnccn4)c3)n2)cc1OC. The van der Waals surface area contributed by atoms with Gasteiger partial charge < -0.3 is 14.2 Å². The molecule has 7 nitrogen and oxygen atoms in total. The zero-order chi connectivity index (χ0) is 23.8. The molecule has 0 aliphatic heterocycles. The van der Waals surface area contributed by atoms with Gasteiger partial charge in [0, 0.05) is 36.9 Å². The van der Waals surface area contributed by atoms with Gasteiger partial charge in [-0.3, -0.25) is 9.78 Å². The van der Waals surface area contributed by atoms with E-state index in [-0.39, 0.29) is 12.2 Å². The zero-order valence-corrected chi connectivity index (χ0v) is 19.1. The maximum atomic E-state index is 12.5. The van der Waals surface area contributed by atoms with Crippen LogP contribution in [0.15, 0.2) is 79.3 Å². The molecular formula is C27H25N3O4. The van der Waals surface area contributed by atoms with Crippen LogP contribution in [0.5, 0.6) is 17.4 Å². The molecule has 0 N–H and O–H groups in total. The molecule has 0 unspecified atom stereocenters. The number of nitrogens with zero attached hydrogens (tertiary/aromatic N) is 3. The Hall–Kier alpha value is -4.26. The van der Waals surface area contributed by atoms with E-state index in [2.05, 4.69) is 15.0 Å². The summed E-state index contributed by atoms with van der Waals surface area (Å²) in [6.45, 7) is 0.471. The summed E-state index contributed by atoms with van der Waals surface area (Å²) in [5.74, 6) is 1.85. The fraction of sp³-hybridized carbons (Fsp3) is 0.185. The van der Waals surface area contributed by atoms with Crippen LogP contribution in [0.3, 0.4) is 0 Å². The summed E-state index contributed by atoms with van der Waals surface area (Å²) in [4.78, 5) is 25.2. The van der Waals surface area contributed by atoms with Gasteiger partial charge in [-0.15, -0.1) is 0 Å². The van der Waals surface area contributed by atoms with Gasteiger partial charge in [0.15, 0.2) is 17.3 Å². The van der Waals surface area contributed by atoms with E-state index in [1.165, 1.54) is 12.4 Å². The maximum absolute atomic E-state index is 12.5. The number of methoxy groups -OCH3 is 2. The van der Waals surface area contributed by atoms with Gasteiger partial charge in [0.1, 0.15) is 5.69 Å². The van der Waals surface area contributed by atoms with E-state index in [1.54, 1.807) is 20.4 Å². The van der Waals surface area contributed by atoms with E-state index in [0.29, 0.717) is 36.1 Å². The molecule has 0 saturated heterocycles. The van der Waals surface area contributed by atoms with Crippen LogP contribution in [-0.2, 0) is 12.8 Å². The molecule has 34 heavy (non-hydrogen) atoms. The van der Waals surface area contributed by atoms with Gasteiger partial charge in [-0.2, -0.15) is 0 Å². The number of rotatable bonds is 10. The number of carbonyl (C=O) groups is 1. The number of ether oxygens (including phenoxy) is 3. The normalized spacial score (nSPS) is 10.5. The average Bonchev–Trinajstić information content (AvgIpc) is 2.89. The second kappa shape index (κ2) is 11.0. The molecule has 4 rings (SSSR count). The average molecular weight is 456 g/mol. The molecule has 0 atom stereocenters. The van der Waals surface area contributed by atoms with E-state index in [4.69, 9.17) is 14.2 Å².